The SMILES string of the molecule is CCOC(=O)c1c(NC=C(C#N)C#N)sc(C(=O)OC)c1C. The lowest BCUT2D eigenvalue weighted by molar-refractivity contribution is 0.0527. The Labute approximate surface area is 131 Å². The second kappa shape index (κ2) is 7.81. The average Bonchev–Trinajstić information content (AvgIpc) is 2.84. The molecule has 0 saturated carbocycles. The predicted molar refractivity (Wildman–Crippen MR) is 79.3 cm³/mol. The van der Waals surface area contributed by atoms with Gasteiger partial charge < -0.3 is 14.8 Å². The standard InChI is InChI=1S/C14H13N3O4S/c1-4-21-13(18)10-8(2)11(14(19)20-3)22-12(10)17-7-9(5-15)6-16/h7,17H,4H2,1-3H3. The summed E-state index contributed by atoms with van der Waals surface area (Å²) in [5.74, 6) is -1.18. The molecule has 0 atom stereocenters. The van der Waals surface area contributed by atoms with Gasteiger partial charge in [0.1, 0.15) is 27.6 Å². The summed E-state index contributed by atoms with van der Waals surface area (Å²) in [5.41, 5.74) is 0.431. The third-order valence-electron chi connectivity index (χ3n) is 2.59. The zero-order valence-electron chi connectivity index (χ0n) is 12.2. The van der Waals surface area contributed by atoms with E-state index in [2.05, 4.69) is 10.1 Å². The highest BCUT2D eigenvalue weighted by atomic mass is 32.1. The zero-order valence-corrected chi connectivity index (χ0v) is 13.0. The summed E-state index contributed by atoms with van der Waals surface area (Å²) in [7, 11) is 1.24. The normalized spacial score (nSPS) is 9.14. The van der Waals surface area contributed by atoms with Crippen molar-refractivity contribution in [3.63, 3.8) is 0 Å². The van der Waals surface area contributed by atoms with Crippen molar-refractivity contribution in [3.8, 4) is 12.1 Å². The third kappa shape index (κ3) is 3.62. The molecule has 114 valence electrons. The van der Waals surface area contributed by atoms with E-state index in [1.54, 1.807) is 26.0 Å². The minimum atomic E-state index is -0.599. The van der Waals surface area contributed by atoms with Crippen molar-refractivity contribution in [1.82, 2.24) is 0 Å². The molecular weight excluding hydrogens is 306 g/mol. The highest BCUT2D eigenvalue weighted by Crippen LogP contribution is 2.34. The highest BCUT2D eigenvalue weighted by Gasteiger charge is 2.25. The van der Waals surface area contributed by atoms with Crippen LogP contribution < -0.4 is 5.32 Å². The third-order valence-corrected chi connectivity index (χ3v) is 3.79. The Morgan fingerprint density at radius 1 is 1.32 bits per heavy atom. The molecule has 0 spiro atoms. The summed E-state index contributed by atoms with van der Waals surface area (Å²) in [6, 6.07) is 3.37. The van der Waals surface area contributed by atoms with E-state index in [4.69, 9.17) is 15.3 Å². The van der Waals surface area contributed by atoms with Crippen LogP contribution in [0.15, 0.2) is 11.8 Å². The van der Waals surface area contributed by atoms with Crippen LogP contribution in [0.2, 0.25) is 0 Å². The number of thiophene rings is 1. The fourth-order valence-corrected chi connectivity index (χ4v) is 2.66. The summed E-state index contributed by atoms with van der Waals surface area (Å²) >= 11 is 0.986. The van der Waals surface area contributed by atoms with Crippen molar-refractivity contribution >= 4 is 28.3 Å². The lowest BCUT2D eigenvalue weighted by Crippen LogP contribution is -2.08. The molecule has 0 aliphatic carbocycles. The van der Waals surface area contributed by atoms with Gasteiger partial charge in [0.15, 0.2) is 0 Å². The van der Waals surface area contributed by atoms with E-state index < -0.39 is 11.9 Å². The number of carbonyl (C=O) groups excluding carboxylic acids is 2. The second-order valence-electron chi connectivity index (χ2n) is 3.90. The lowest BCUT2D eigenvalue weighted by Gasteiger charge is -2.04. The van der Waals surface area contributed by atoms with Gasteiger partial charge in [0.05, 0.1) is 19.3 Å². The van der Waals surface area contributed by atoms with Gasteiger partial charge in [0.25, 0.3) is 0 Å². The number of ether oxygens (including phenoxy) is 2. The van der Waals surface area contributed by atoms with Crippen molar-refractivity contribution in [1.29, 1.82) is 10.5 Å². The highest BCUT2D eigenvalue weighted by molar-refractivity contribution is 7.18. The first kappa shape index (κ1) is 17.2. The molecule has 1 heterocycles. The van der Waals surface area contributed by atoms with Crippen LogP contribution >= 0.6 is 11.3 Å². The molecule has 8 heteroatoms. The van der Waals surface area contributed by atoms with E-state index in [-0.39, 0.29) is 22.6 Å². The van der Waals surface area contributed by atoms with E-state index in [1.165, 1.54) is 7.11 Å². The monoisotopic (exact) mass is 319 g/mol. The molecule has 0 aliphatic heterocycles. The maximum atomic E-state index is 12.0. The molecule has 1 N–H and O–H groups in total. The molecule has 0 aromatic carbocycles. The van der Waals surface area contributed by atoms with Crippen LogP contribution in [0.5, 0.6) is 0 Å². The predicted octanol–water partition coefficient (Wildman–Crippen LogP) is 2.36. The van der Waals surface area contributed by atoms with Gasteiger partial charge in [0, 0.05) is 6.20 Å². The molecule has 0 aliphatic rings. The molecule has 7 nitrogen and oxygen atoms in total. The first-order chi connectivity index (χ1) is 10.5. The molecule has 0 unspecified atom stereocenters. The zero-order chi connectivity index (χ0) is 16.7. The Balaban J connectivity index is 3.33. The Hall–Kier alpha value is -2.84. The maximum Gasteiger partial charge on any atom is 0.348 e. The van der Waals surface area contributed by atoms with Crippen LogP contribution in [0.4, 0.5) is 5.00 Å². The minimum Gasteiger partial charge on any atom is -0.465 e. The number of nitriles is 2. The molecule has 0 bridgehead atoms. The van der Waals surface area contributed by atoms with Gasteiger partial charge in [0.2, 0.25) is 0 Å². The smallest absolute Gasteiger partial charge is 0.348 e. The molecule has 0 amide bonds. The average molecular weight is 319 g/mol. The van der Waals surface area contributed by atoms with Gasteiger partial charge in [-0.3, -0.25) is 0 Å². The maximum absolute atomic E-state index is 12.0. The number of nitrogens with zero attached hydrogens (tertiary/aromatic N) is 2. The molecule has 0 fully saturated rings. The van der Waals surface area contributed by atoms with Crippen molar-refractivity contribution in [2.24, 2.45) is 0 Å². The van der Waals surface area contributed by atoms with Gasteiger partial charge in [-0.25, -0.2) is 9.59 Å². The Bertz CT molecular complexity index is 691. The summed E-state index contributed by atoms with van der Waals surface area (Å²) < 4.78 is 9.63. The second-order valence-corrected chi connectivity index (χ2v) is 4.92. The van der Waals surface area contributed by atoms with Crippen LogP contribution in [-0.4, -0.2) is 25.7 Å². The molecule has 0 radical (unpaired) electrons. The first-order valence-corrected chi connectivity index (χ1v) is 6.97. The summed E-state index contributed by atoms with van der Waals surface area (Å²) in [4.78, 5) is 24.0. The number of anilines is 1. The number of nitrogens with one attached hydrogen (secondary N) is 1. The van der Waals surface area contributed by atoms with Crippen LogP contribution in [-0.2, 0) is 9.47 Å². The molecule has 0 saturated heterocycles. The lowest BCUT2D eigenvalue weighted by atomic mass is 10.1. The van der Waals surface area contributed by atoms with Crippen molar-refractivity contribution in [3.05, 3.63) is 27.8 Å². The number of methoxy groups -OCH3 is 1. The fourth-order valence-electron chi connectivity index (χ4n) is 1.58. The van der Waals surface area contributed by atoms with Crippen LogP contribution in [0.3, 0.4) is 0 Å². The van der Waals surface area contributed by atoms with Crippen LogP contribution in [0.25, 0.3) is 0 Å². The van der Waals surface area contributed by atoms with Gasteiger partial charge in [-0.05, 0) is 19.4 Å². The molecule has 1 aromatic heterocycles. The first-order valence-electron chi connectivity index (χ1n) is 6.15. The number of rotatable bonds is 5. The molecule has 1 aromatic rings. The number of hydrogen-bond donors (Lipinski definition) is 1. The topological polar surface area (TPSA) is 112 Å². The molecule has 22 heavy (non-hydrogen) atoms. The Morgan fingerprint density at radius 3 is 2.45 bits per heavy atom. The van der Waals surface area contributed by atoms with E-state index >= 15 is 0 Å². The van der Waals surface area contributed by atoms with Crippen molar-refractivity contribution < 1.29 is 19.1 Å². The van der Waals surface area contributed by atoms with Crippen molar-refractivity contribution in [2.75, 3.05) is 19.0 Å². The van der Waals surface area contributed by atoms with Gasteiger partial charge in [-0.15, -0.1) is 11.3 Å². The van der Waals surface area contributed by atoms with E-state index in [1.807, 2.05) is 0 Å². The van der Waals surface area contributed by atoms with Gasteiger partial charge in [-0.1, -0.05) is 0 Å². The quantitative estimate of drug-likeness (QED) is 0.654. The Morgan fingerprint density at radius 2 is 1.95 bits per heavy atom. The minimum absolute atomic E-state index is 0.166. The van der Waals surface area contributed by atoms with E-state index in [0.717, 1.165) is 17.5 Å². The summed E-state index contributed by atoms with van der Waals surface area (Å²) in [6.07, 6.45) is 1.16. The largest absolute Gasteiger partial charge is 0.465 e. The molecular formula is C14H13N3O4S. The Kier molecular flexibility index (Phi) is 6.11. The summed E-state index contributed by atoms with van der Waals surface area (Å²) in [6.45, 7) is 3.44. The number of hydrogen-bond acceptors (Lipinski definition) is 8. The van der Waals surface area contributed by atoms with E-state index in [0.29, 0.717) is 10.6 Å². The van der Waals surface area contributed by atoms with Crippen molar-refractivity contribution in [2.45, 2.75) is 13.8 Å². The van der Waals surface area contributed by atoms with Crippen LogP contribution in [0, 0.1) is 29.6 Å². The summed E-state index contributed by atoms with van der Waals surface area (Å²) in [5, 5.41) is 20.4. The van der Waals surface area contributed by atoms with Crippen LogP contribution in [0.1, 0.15) is 32.5 Å². The number of esters is 2. The van der Waals surface area contributed by atoms with Gasteiger partial charge >= 0.3 is 11.9 Å². The number of carbonyl (C=O) groups is 2. The fraction of sp³-hybridized carbons (Fsp3) is 0.286. The number of allylic oxidation sites excluding steroid dienone is 1. The van der Waals surface area contributed by atoms with Gasteiger partial charge in [-0.2, -0.15) is 10.5 Å². The van der Waals surface area contributed by atoms with E-state index in [9.17, 15) is 9.59 Å². The molecule has 1 rings (SSSR count).